The van der Waals surface area contributed by atoms with Crippen LogP contribution in [0.2, 0.25) is 0 Å². The molecule has 0 spiro atoms. The summed E-state index contributed by atoms with van der Waals surface area (Å²) >= 11 is 3.54. The second kappa shape index (κ2) is 9.64. The molecule has 1 aliphatic heterocycles. The highest BCUT2D eigenvalue weighted by atomic mass is 79.9. The Balaban J connectivity index is 1.34. The smallest absolute Gasteiger partial charge is 0.229 e. The summed E-state index contributed by atoms with van der Waals surface area (Å²) in [6.07, 6.45) is 7.16. The minimum absolute atomic E-state index is 0.535. The monoisotopic (exact) mass is 504 g/mol. The molecule has 2 aromatic heterocycles. The van der Waals surface area contributed by atoms with Gasteiger partial charge in [-0.05, 0) is 70.4 Å². The first-order valence-electron chi connectivity index (χ1n) is 10.9. The summed E-state index contributed by atoms with van der Waals surface area (Å²) < 4.78 is 6.03. The molecule has 0 amide bonds. The number of halogens is 1. The fraction of sp³-hybridized carbons (Fsp3) is 0.200. The van der Waals surface area contributed by atoms with E-state index in [0.717, 1.165) is 52.3 Å². The molecule has 1 aliphatic rings. The number of methoxy groups -OCH3 is 1. The maximum atomic E-state index is 5.22. The number of aromatic nitrogens is 3. The summed E-state index contributed by atoms with van der Waals surface area (Å²) in [7, 11) is 1.67. The number of hydrogen-bond donors (Lipinski definition) is 4. The van der Waals surface area contributed by atoms with Crippen LogP contribution in [0.5, 0.6) is 5.75 Å². The first-order valence-corrected chi connectivity index (χ1v) is 11.7. The van der Waals surface area contributed by atoms with E-state index in [-0.39, 0.29) is 0 Å². The van der Waals surface area contributed by atoms with Crippen molar-refractivity contribution in [3.8, 4) is 5.75 Å². The molecule has 0 atom stereocenters. The summed E-state index contributed by atoms with van der Waals surface area (Å²) in [5.74, 6) is 2.10. The van der Waals surface area contributed by atoms with E-state index in [0.29, 0.717) is 12.5 Å². The van der Waals surface area contributed by atoms with Crippen molar-refractivity contribution in [2.24, 2.45) is 0 Å². The highest BCUT2D eigenvalue weighted by molar-refractivity contribution is 9.10. The Kier molecular flexibility index (Phi) is 6.28. The lowest BCUT2D eigenvalue weighted by molar-refractivity contribution is 0.414. The molecule has 0 aliphatic carbocycles. The van der Waals surface area contributed by atoms with Crippen LogP contribution in [-0.4, -0.2) is 35.2 Å². The minimum atomic E-state index is 0.535. The lowest BCUT2D eigenvalue weighted by Gasteiger charge is -2.14. The zero-order valence-electron chi connectivity index (χ0n) is 18.3. The standard InChI is InChI=1S/C25H25BrN6O/c1-33-19-5-2-16(3-6-19)13-29-24-22(26)15-30-25(32-24)31-18-4-7-23-20(12-18)21(14-28-23)17-8-10-27-11-9-17/h2-8,12,14-15,27-28H,9-11,13H2,1H3,(H2,29,30,31,32). The third-order valence-corrected chi connectivity index (χ3v) is 6.29. The number of H-pyrrole nitrogens is 1. The molecule has 0 unspecified atom stereocenters. The number of fused-ring (bicyclic) bond motifs is 1. The number of anilines is 3. The van der Waals surface area contributed by atoms with Crippen molar-refractivity contribution in [2.45, 2.75) is 13.0 Å². The van der Waals surface area contributed by atoms with Gasteiger partial charge in [0.1, 0.15) is 11.6 Å². The summed E-state index contributed by atoms with van der Waals surface area (Å²) in [6, 6.07) is 14.2. The summed E-state index contributed by atoms with van der Waals surface area (Å²) in [5.41, 5.74) is 5.83. The van der Waals surface area contributed by atoms with E-state index < -0.39 is 0 Å². The molecule has 0 saturated carbocycles. The number of benzene rings is 2. The van der Waals surface area contributed by atoms with Gasteiger partial charge in [-0.15, -0.1) is 0 Å². The number of nitrogens with zero attached hydrogens (tertiary/aromatic N) is 2. The first-order chi connectivity index (χ1) is 16.2. The normalized spacial score (nSPS) is 13.6. The molecule has 0 fully saturated rings. The zero-order valence-corrected chi connectivity index (χ0v) is 19.9. The number of aromatic amines is 1. The molecule has 33 heavy (non-hydrogen) atoms. The minimum Gasteiger partial charge on any atom is -0.497 e. The molecule has 4 aromatic rings. The van der Waals surface area contributed by atoms with Gasteiger partial charge in [-0.3, -0.25) is 0 Å². The van der Waals surface area contributed by atoms with Crippen LogP contribution in [0.25, 0.3) is 16.5 Å². The molecule has 168 valence electrons. The average molecular weight is 505 g/mol. The van der Waals surface area contributed by atoms with Crippen molar-refractivity contribution in [1.29, 1.82) is 0 Å². The molecule has 0 bridgehead atoms. The molecular formula is C25H25BrN6O. The topological polar surface area (TPSA) is 86.9 Å². The Labute approximate surface area is 200 Å². The van der Waals surface area contributed by atoms with Gasteiger partial charge in [-0.2, -0.15) is 4.98 Å². The van der Waals surface area contributed by atoms with E-state index in [4.69, 9.17) is 4.74 Å². The summed E-state index contributed by atoms with van der Waals surface area (Å²) in [4.78, 5) is 12.5. The highest BCUT2D eigenvalue weighted by Crippen LogP contribution is 2.31. The van der Waals surface area contributed by atoms with Crippen LogP contribution in [0.15, 0.2) is 65.4 Å². The lowest BCUT2D eigenvalue weighted by Crippen LogP contribution is -2.19. The van der Waals surface area contributed by atoms with Crippen LogP contribution >= 0.6 is 15.9 Å². The fourth-order valence-corrected chi connectivity index (χ4v) is 4.27. The van der Waals surface area contributed by atoms with Gasteiger partial charge >= 0.3 is 0 Å². The summed E-state index contributed by atoms with van der Waals surface area (Å²) in [5, 5.41) is 11.3. The zero-order chi connectivity index (χ0) is 22.6. The molecule has 7 nitrogen and oxygen atoms in total. The van der Waals surface area contributed by atoms with Gasteiger partial charge in [0.2, 0.25) is 5.95 Å². The van der Waals surface area contributed by atoms with Crippen LogP contribution in [0, 0.1) is 0 Å². The predicted octanol–water partition coefficient (Wildman–Crippen LogP) is 5.46. The van der Waals surface area contributed by atoms with E-state index >= 15 is 0 Å². The van der Waals surface area contributed by atoms with Gasteiger partial charge in [0, 0.05) is 47.6 Å². The number of rotatable bonds is 7. The van der Waals surface area contributed by atoms with Gasteiger partial charge in [-0.25, -0.2) is 4.98 Å². The van der Waals surface area contributed by atoms with Gasteiger partial charge in [0.25, 0.3) is 0 Å². The van der Waals surface area contributed by atoms with Crippen molar-refractivity contribution >= 4 is 49.9 Å². The van der Waals surface area contributed by atoms with Crippen LogP contribution in [0.1, 0.15) is 17.5 Å². The molecule has 0 radical (unpaired) electrons. The Morgan fingerprint density at radius 2 is 2.03 bits per heavy atom. The second-order valence-electron chi connectivity index (χ2n) is 7.86. The molecule has 2 aromatic carbocycles. The Morgan fingerprint density at radius 1 is 1.15 bits per heavy atom. The van der Waals surface area contributed by atoms with Gasteiger partial charge < -0.3 is 25.7 Å². The molecule has 3 heterocycles. The van der Waals surface area contributed by atoms with Crippen molar-refractivity contribution in [1.82, 2.24) is 20.3 Å². The molecular weight excluding hydrogens is 480 g/mol. The predicted molar refractivity (Wildman–Crippen MR) is 137 cm³/mol. The lowest BCUT2D eigenvalue weighted by atomic mass is 9.99. The van der Waals surface area contributed by atoms with Crippen molar-refractivity contribution in [2.75, 3.05) is 30.8 Å². The van der Waals surface area contributed by atoms with Crippen LogP contribution < -0.4 is 20.7 Å². The summed E-state index contributed by atoms with van der Waals surface area (Å²) in [6.45, 7) is 2.57. The largest absolute Gasteiger partial charge is 0.497 e. The highest BCUT2D eigenvalue weighted by Gasteiger charge is 2.12. The third-order valence-electron chi connectivity index (χ3n) is 5.71. The first kappa shape index (κ1) is 21.5. The maximum Gasteiger partial charge on any atom is 0.229 e. The van der Waals surface area contributed by atoms with Crippen LogP contribution in [-0.2, 0) is 6.54 Å². The average Bonchev–Trinajstić information content (AvgIpc) is 3.28. The van der Waals surface area contributed by atoms with Gasteiger partial charge in [0.05, 0.1) is 11.6 Å². The quantitative estimate of drug-likeness (QED) is 0.267. The Hall–Kier alpha value is -3.36. The van der Waals surface area contributed by atoms with Gasteiger partial charge in [-0.1, -0.05) is 18.2 Å². The third kappa shape index (κ3) is 4.86. The molecule has 8 heteroatoms. The van der Waals surface area contributed by atoms with Gasteiger partial charge in [0.15, 0.2) is 0 Å². The number of ether oxygens (including phenoxy) is 1. The molecule has 0 saturated heterocycles. The molecule has 4 N–H and O–H groups in total. The second-order valence-corrected chi connectivity index (χ2v) is 8.72. The molecule has 5 rings (SSSR count). The Morgan fingerprint density at radius 3 is 2.82 bits per heavy atom. The SMILES string of the molecule is COc1ccc(CNc2nc(Nc3ccc4[nH]cc(C5=CCNCC5)c4c3)ncc2Br)cc1. The Bertz CT molecular complexity index is 1300. The van der Waals surface area contributed by atoms with E-state index in [9.17, 15) is 0 Å². The fourth-order valence-electron chi connectivity index (χ4n) is 3.94. The van der Waals surface area contributed by atoms with Crippen LogP contribution in [0.4, 0.5) is 17.5 Å². The number of hydrogen-bond acceptors (Lipinski definition) is 6. The van der Waals surface area contributed by atoms with Crippen molar-refractivity contribution < 1.29 is 4.74 Å². The maximum absolute atomic E-state index is 5.22. The van der Waals surface area contributed by atoms with Crippen molar-refractivity contribution in [3.63, 3.8) is 0 Å². The van der Waals surface area contributed by atoms with E-state index in [2.05, 4.69) is 71.2 Å². The van der Waals surface area contributed by atoms with E-state index in [1.807, 2.05) is 30.3 Å². The van der Waals surface area contributed by atoms with Crippen molar-refractivity contribution in [3.05, 3.63) is 76.5 Å². The number of nitrogens with one attached hydrogen (secondary N) is 4. The van der Waals surface area contributed by atoms with E-state index in [1.54, 1.807) is 13.3 Å². The van der Waals surface area contributed by atoms with Crippen LogP contribution in [0.3, 0.4) is 0 Å². The van der Waals surface area contributed by atoms with E-state index in [1.165, 1.54) is 16.5 Å².